The Balaban J connectivity index is 1.82. The maximum Gasteiger partial charge on any atom is 0.307 e. The van der Waals surface area contributed by atoms with E-state index in [1.54, 1.807) is 0 Å². The molecular formula is C14H23NO3S. The van der Waals surface area contributed by atoms with Crippen LogP contribution in [-0.4, -0.2) is 34.5 Å². The first-order valence-electron chi connectivity index (χ1n) is 7.20. The second-order valence-corrected chi connectivity index (χ2v) is 7.27. The van der Waals surface area contributed by atoms with Gasteiger partial charge in [-0.25, -0.2) is 0 Å². The van der Waals surface area contributed by atoms with E-state index >= 15 is 0 Å². The Kier molecular flexibility index (Phi) is 5.13. The highest BCUT2D eigenvalue weighted by molar-refractivity contribution is 7.99. The number of nitrogens with one attached hydrogen (secondary N) is 1. The molecule has 0 aromatic heterocycles. The molecule has 1 aliphatic carbocycles. The van der Waals surface area contributed by atoms with Gasteiger partial charge in [-0.15, -0.1) is 0 Å². The minimum absolute atomic E-state index is 0.0528. The van der Waals surface area contributed by atoms with Crippen LogP contribution in [0, 0.1) is 17.8 Å². The van der Waals surface area contributed by atoms with E-state index in [2.05, 4.69) is 5.32 Å². The number of thioether (sulfide) groups is 1. The van der Waals surface area contributed by atoms with Crippen molar-refractivity contribution in [2.45, 2.75) is 44.3 Å². The van der Waals surface area contributed by atoms with Crippen molar-refractivity contribution >= 4 is 23.6 Å². The van der Waals surface area contributed by atoms with Crippen molar-refractivity contribution in [3.63, 3.8) is 0 Å². The average Bonchev–Trinajstić information content (AvgIpc) is 2.79. The molecule has 1 amide bonds. The third kappa shape index (κ3) is 3.88. The highest BCUT2D eigenvalue weighted by atomic mass is 32.2. The van der Waals surface area contributed by atoms with Gasteiger partial charge in [-0.05, 0) is 37.4 Å². The smallest absolute Gasteiger partial charge is 0.307 e. The molecule has 0 bridgehead atoms. The molecule has 4 atom stereocenters. The van der Waals surface area contributed by atoms with Crippen molar-refractivity contribution in [1.82, 2.24) is 5.32 Å². The molecule has 2 aliphatic rings. The van der Waals surface area contributed by atoms with Gasteiger partial charge in [0.2, 0.25) is 5.91 Å². The molecule has 5 heteroatoms. The lowest BCUT2D eigenvalue weighted by Crippen LogP contribution is -2.39. The number of hydrogen-bond donors (Lipinski definition) is 2. The van der Waals surface area contributed by atoms with Gasteiger partial charge >= 0.3 is 5.97 Å². The third-order valence-corrected chi connectivity index (χ3v) is 5.63. The van der Waals surface area contributed by atoms with Gasteiger partial charge in [0.15, 0.2) is 0 Å². The Labute approximate surface area is 118 Å². The van der Waals surface area contributed by atoms with Crippen LogP contribution >= 0.6 is 11.8 Å². The minimum atomic E-state index is -0.823. The van der Waals surface area contributed by atoms with Crippen LogP contribution in [0.15, 0.2) is 0 Å². The van der Waals surface area contributed by atoms with Crippen molar-refractivity contribution in [2.75, 3.05) is 12.3 Å². The summed E-state index contributed by atoms with van der Waals surface area (Å²) in [6.45, 7) is 2.72. The fraction of sp³-hybridized carbons (Fsp3) is 0.857. The van der Waals surface area contributed by atoms with E-state index in [-0.39, 0.29) is 11.8 Å². The number of aliphatic carboxylic acids is 1. The van der Waals surface area contributed by atoms with Crippen molar-refractivity contribution in [3.8, 4) is 0 Å². The first-order chi connectivity index (χ1) is 9.08. The Hall–Kier alpha value is -0.710. The summed E-state index contributed by atoms with van der Waals surface area (Å²) in [5, 5.41) is 12.7. The second-order valence-electron chi connectivity index (χ2n) is 5.86. The van der Waals surface area contributed by atoms with Gasteiger partial charge in [-0.2, -0.15) is 11.8 Å². The maximum atomic E-state index is 12.2. The van der Waals surface area contributed by atoms with Crippen molar-refractivity contribution in [3.05, 3.63) is 0 Å². The van der Waals surface area contributed by atoms with E-state index in [1.807, 2.05) is 18.7 Å². The molecule has 2 N–H and O–H groups in total. The summed E-state index contributed by atoms with van der Waals surface area (Å²) in [5.74, 6) is -0.186. The summed E-state index contributed by atoms with van der Waals surface area (Å²) in [7, 11) is 0. The molecule has 1 aliphatic heterocycles. The highest BCUT2D eigenvalue weighted by Gasteiger charge is 2.41. The Morgan fingerprint density at radius 2 is 2.00 bits per heavy atom. The van der Waals surface area contributed by atoms with Crippen LogP contribution in [0.25, 0.3) is 0 Å². The molecule has 1 saturated heterocycles. The van der Waals surface area contributed by atoms with Crippen LogP contribution < -0.4 is 5.32 Å². The molecular weight excluding hydrogens is 262 g/mol. The lowest BCUT2D eigenvalue weighted by molar-refractivity contribution is -0.146. The number of amides is 1. The van der Waals surface area contributed by atoms with Gasteiger partial charge in [0.1, 0.15) is 0 Å². The number of carboxylic acid groups (broad SMARTS) is 1. The number of hydrogen-bond acceptors (Lipinski definition) is 3. The molecule has 108 valence electrons. The molecule has 0 spiro atoms. The zero-order chi connectivity index (χ0) is 13.8. The SMILES string of the molecule is CC1C[C@H](C(=O)NCC2CCCCS2)[C@H](C(=O)O)C1. The standard InChI is InChI=1S/C14H23NO3S/c1-9-6-11(12(7-9)14(17)18)13(16)15-8-10-4-2-3-5-19-10/h9-12H,2-8H2,1H3,(H,15,16)(H,17,18)/t9?,10?,11-,12+/m0/s1. The van der Waals surface area contributed by atoms with Crippen molar-refractivity contribution in [2.24, 2.45) is 17.8 Å². The zero-order valence-corrected chi connectivity index (χ0v) is 12.2. The van der Waals surface area contributed by atoms with Crippen LogP contribution in [0.4, 0.5) is 0 Å². The number of carbonyl (C=O) groups is 2. The highest BCUT2D eigenvalue weighted by Crippen LogP contribution is 2.36. The monoisotopic (exact) mass is 285 g/mol. The van der Waals surface area contributed by atoms with Gasteiger partial charge < -0.3 is 10.4 Å². The zero-order valence-electron chi connectivity index (χ0n) is 11.4. The van der Waals surface area contributed by atoms with E-state index in [0.717, 1.165) is 6.42 Å². The average molecular weight is 285 g/mol. The summed E-state index contributed by atoms with van der Waals surface area (Å²) >= 11 is 1.92. The molecule has 0 aromatic carbocycles. The first-order valence-corrected chi connectivity index (χ1v) is 8.25. The fourth-order valence-electron chi connectivity index (χ4n) is 3.17. The molecule has 2 rings (SSSR count). The second kappa shape index (κ2) is 6.64. The van der Waals surface area contributed by atoms with Crippen LogP contribution in [0.5, 0.6) is 0 Å². The minimum Gasteiger partial charge on any atom is -0.481 e. The lowest BCUT2D eigenvalue weighted by atomic mass is 9.95. The predicted octanol–water partition coefficient (Wildman–Crippen LogP) is 2.14. The quantitative estimate of drug-likeness (QED) is 0.830. The van der Waals surface area contributed by atoms with Crippen LogP contribution in [0.1, 0.15) is 39.0 Å². The van der Waals surface area contributed by atoms with E-state index in [4.69, 9.17) is 0 Å². The van der Waals surface area contributed by atoms with Crippen LogP contribution in [0.2, 0.25) is 0 Å². The molecule has 1 heterocycles. The first kappa shape index (κ1) is 14.7. The molecule has 0 aromatic rings. The summed E-state index contributed by atoms with van der Waals surface area (Å²) in [5.41, 5.74) is 0. The predicted molar refractivity (Wildman–Crippen MR) is 76.1 cm³/mol. The van der Waals surface area contributed by atoms with Crippen LogP contribution in [0.3, 0.4) is 0 Å². The molecule has 2 unspecified atom stereocenters. The topological polar surface area (TPSA) is 66.4 Å². The molecule has 4 nitrogen and oxygen atoms in total. The van der Waals surface area contributed by atoms with E-state index in [9.17, 15) is 14.7 Å². The molecule has 1 saturated carbocycles. The number of carbonyl (C=O) groups excluding carboxylic acids is 1. The van der Waals surface area contributed by atoms with E-state index in [0.29, 0.717) is 30.6 Å². The summed E-state index contributed by atoms with van der Waals surface area (Å²) in [6.07, 6.45) is 5.02. The Morgan fingerprint density at radius 3 is 2.63 bits per heavy atom. The summed E-state index contributed by atoms with van der Waals surface area (Å²) < 4.78 is 0. The van der Waals surface area contributed by atoms with Gasteiger partial charge in [-0.3, -0.25) is 9.59 Å². The number of carboxylic acids is 1. The maximum absolute atomic E-state index is 12.2. The van der Waals surface area contributed by atoms with Crippen molar-refractivity contribution < 1.29 is 14.7 Å². The summed E-state index contributed by atoms with van der Waals surface area (Å²) in [6, 6.07) is 0. The molecule has 19 heavy (non-hydrogen) atoms. The van der Waals surface area contributed by atoms with Gasteiger partial charge in [-0.1, -0.05) is 13.3 Å². The van der Waals surface area contributed by atoms with Gasteiger partial charge in [0.25, 0.3) is 0 Å². The van der Waals surface area contributed by atoms with Gasteiger partial charge in [0.05, 0.1) is 11.8 Å². The van der Waals surface area contributed by atoms with Crippen LogP contribution in [-0.2, 0) is 9.59 Å². The third-order valence-electron chi connectivity index (χ3n) is 4.23. The summed E-state index contributed by atoms with van der Waals surface area (Å²) in [4.78, 5) is 23.3. The van der Waals surface area contributed by atoms with Crippen molar-refractivity contribution in [1.29, 1.82) is 0 Å². The lowest BCUT2D eigenvalue weighted by Gasteiger charge is -2.23. The normalized spacial score (nSPS) is 35.0. The van der Waals surface area contributed by atoms with E-state index < -0.39 is 11.9 Å². The van der Waals surface area contributed by atoms with E-state index in [1.165, 1.54) is 18.6 Å². The Bertz CT molecular complexity index is 342. The fourth-order valence-corrected chi connectivity index (χ4v) is 4.41. The Morgan fingerprint density at radius 1 is 1.26 bits per heavy atom. The largest absolute Gasteiger partial charge is 0.481 e. The number of rotatable bonds is 4. The van der Waals surface area contributed by atoms with Gasteiger partial charge in [0, 0.05) is 11.8 Å². The molecule has 2 fully saturated rings. The molecule has 0 radical (unpaired) electrons.